The molecule has 1 fully saturated rings. The number of thiazole rings is 1. The SMILES string of the molecule is O=C(CC[C@@H]1CCCO1)Nc1ncc(Cc2cccc(F)c2)s1. The van der Waals surface area contributed by atoms with Gasteiger partial charge in [0, 0.05) is 30.5 Å². The Labute approximate surface area is 138 Å². The van der Waals surface area contributed by atoms with Crippen LogP contribution >= 0.6 is 11.3 Å². The molecule has 122 valence electrons. The van der Waals surface area contributed by atoms with Gasteiger partial charge in [0.25, 0.3) is 0 Å². The molecule has 3 rings (SSSR count). The summed E-state index contributed by atoms with van der Waals surface area (Å²) in [7, 11) is 0. The Morgan fingerprint density at radius 2 is 2.39 bits per heavy atom. The maximum absolute atomic E-state index is 13.2. The number of rotatable bonds is 6. The number of anilines is 1. The zero-order chi connectivity index (χ0) is 16.1. The van der Waals surface area contributed by atoms with E-state index in [4.69, 9.17) is 4.74 Å². The molecular weight excluding hydrogens is 315 g/mol. The summed E-state index contributed by atoms with van der Waals surface area (Å²) >= 11 is 1.42. The maximum atomic E-state index is 13.2. The van der Waals surface area contributed by atoms with Crippen LogP contribution in [0.3, 0.4) is 0 Å². The summed E-state index contributed by atoms with van der Waals surface area (Å²) in [6.45, 7) is 0.808. The van der Waals surface area contributed by atoms with E-state index in [-0.39, 0.29) is 17.8 Å². The molecule has 0 bridgehead atoms. The van der Waals surface area contributed by atoms with Crippen LogP contribution in [0.5, 0.6) is 0 Å². The van der Waals surface area contributed by atoms with Gasteiger partial charge in [0.15, 0.2) is 5.13 Å². The van der Waals surface area contributed by atoms with Crippen LogP contribution in [0.1, 0.15) is 36.1 Å². The summed E-state index contributed by atoms with van der Waals surface area (Å²) < 4.78 is 18.7. The van der Waals surface area contributed by atoms with E-state index in [2.05, 4.69) is 10.3 Å². The molecule has 2 heterocycles. The zero-order valence-electron chi connectivity index (χ0n) is 12.8. The topological polar surface area (TPSA) is 51.2 Å². The van der Waals surface area contributed by atoms with Gasteiger partial charge in [0.2, 0.25) is 5.91 Å². The molecule has 0 saturated carbocycles. The number of nitrogens with zero attached hydrogens (tertiary/aromatic N) is 1. The first-order chi connectivity index (χ1) is 11.2. The van der Waals surface area contributed by atoms with Crippen molar-refractivity contribution in [3.05, 3.63) is 46.7 Å². The second kappa shape index (κ2) is 7.66. The largest absolute Gasteiger partial charge is 0.378 e. The van der Waals surface area contributed by atoms with Crippen LogP contribution in [-0.2, 0) is 16.0 Å². The van der Waals surface area contributed by atoms with Gasteiger partial charge in [0.05, 0.1) is 6.10 Å². The minimum Gasteiger partial charge on any atom is -0.378 e. The number of aromatic nitrogens is 1. The Kier molecular flexibility index (Phi) is 5.35. The summed E-state index contributed by atoms with van der Waals surface area (Å²) in [5, 5.41) is 3.41. The fourth-order valence-electron chi connectivity index (χ4n) is 2.64. The summed E-state index contributed by atoms with van der Waals surface area (Å²) in [6.07, 6.45) is 5.90. The molecule has 1 aromatic carbocycles. The third kappa shape index (κ3) is 4.84. The van der Waals surface area contributed by atoms with Gasteiger partial charge in [-0.3, -0.25) is 4.79 Å². The molecule has 0 aliphatic carbocycles. The second-order valence-corrected chi connectivity index (χ2v) is 6.78. The standard InChI is InChI=1S/C17H19FN2O2S/c18-13-4-1-3-12(9-13)10-15-11-19-17(23-15)20-16(21)7-6-14-5-2-8-22-14/h1,3-4,9,11,14H,2,5-8,10H2,(H,19,20,21)/t14-/m0/s1. The molecule has 2 aromatic rings. The first-order valence-electron chi connectivity index (χ1n) is 7.79. The minimum atomic E-state index is -0.241. The van der Waals surface area contributed by atoms with Crippen molar-refractivity contribution in [2.75, 3.05) is 11.9 Å². The Hall–Kier alpha value is -1.79. The van der Waals surface area contributed by atoms with Crippen molar-refractivity contribution in [1.82, 2.24) is 4.98 Å². The molecule has 0 unspecified atom stereocenters. The van der Waals surface area contributed by atoms with E-state index < -0.39 is 0 Å². The van der Waals surface area contributed by atoms with Crippen LogP contribution in [0, 0.1) is 5.82 Å². The summed E-state index contributed by atoms with van der Waals surface area (Å²) in [5.74, 6) is -0.276. The highest BCUT2D eigenvalue weighted by atomic mass is 32.1. The quantitative estimate of drug-likeness (QED) is 0.875. The lowest BCUT2D eigenvalue weighted by Gasteiger charge is -2.07. The van der Waals surface area contributed by atoms with Crippen molar-refractivity contribution in [2.45, 2.75) is 38.2 Å². The zero-order valence-corrected chi connectivity index (χ0v) is 13.6. The Morgan fingerprint density at radius 1 is 1.48 bits per heavy atom. The molecular formula is C17H19FN2O2S. The minimum absolute atomic E-state index is 0.0350. The second-order valence-electron chi connectivity index (χ2n) is 5.66. The van der Waals surface area contributed by atoms with Crippen LogP contribution < -0.4 is 5.32 Å². The number of amides is 1. The number of halogens is 1. The van der Waals surface area contributed by atoms with E-state index in [0.717, 1.165) is 36.3 Å². The maximum Gasteiger partial charge on any atom is 0.226 e. The van der Waals surface area contributed by atoms with E-state index in [1.807, 2.05) is 6.07 Å². The fourth-order valence-corrected chi connectivity index (χ4v) is 3.50. The molecule has 1 saturated heterocycles. The highest BCUT2D eigenvalue weighted by molar-refractivity contribution is 7.15. The predicted octanol–water partition coefficient (Wildman–Crippen LogP) is 3.77. The van der Waals surface area contributed by atoms with Crippen molar-refractivity contribution < 1.29 is 13.9 Å². The molecule has 0 spiro atoms. The lowest BCUT2D eigenvalue weighted by Crippen LogP contribution is -2.15. The summed E-state index contributed by atoms with van der Waals surface area (Å²) in [6, 6.07) is 6.51. The van der Waals surface area contributed by atoms with E-state index in [1.165, 1.54) is 23.5 Å². The van der Waals surface area contributed by atoms with Gasteiger partial charge in [0.1, 0.15) is 5.82 Å². The molecule has 6 heteroatoms. The average Bonchev–Trinajstić information content (AvgIpc) is 3.17. The Morgan fingerprint density at radius 3 is 3.17 bits per heavy atom. The fraction of sp³-hybridized carbons (Fsp3) is 0.412. The van der Waals surface area contributed by atoms with Crippen LogP contribution in [0.15, 0.2) is 30.5 Å². The van der Waals surface area contributed by atoms with E-state index >= 15 is 0 Å². The number of hydrogen-bond acceptors (Lipinski definition) is 4. The van der Waals surface area contributed by atoms with E-state index in [9.17, 15) is 9.18 Å². The van der Waals surface area contributed by atoms with Crippen molar-refractivity contribution >= 4 is 22.4 Å². The number of ether oxygens (including phenoxy) is 1. The summed E-state index contributed by atoms with van der Waals surface area (Å²) in [4.78, 5) is 17.1. The molecule has 1 aliphatic rings. The molecule has 1 aliphatic heterocycles. The van der Waals surface area contributed by atoms with Gasteiger partial charge in [-0.2, -0.15) is 0 Å². The molecule has 1 N–H and O–H groups in total. The van der Waals surface area contributed by atoms with Gasteiger partial charge in [-0.15, -0.1) is 11.3 Å². The lowest BCUT2D eigenvalue weighted by atomic mass is 10.1. The molecule has 23 heavy (non-hydrogen) atoms. The van der Waals surface area contributed by atoms with Gasteiger partial charge in [-0.25, -0.2) is 9.37 Å². The predicted molar refractivity (Wildman–Crippen MR) is 88.2 cm³/mol. The van der Waals surface area contributed by atoms with E-state index in [0.29, 0.717) is 18.0 Å². The molecule has 1 atom stereocenters. The van der Waals surface area contributed by atoms with Crippen LogP contribution in [0.4, 0.5) is 9.52 Å². The third-order valence-electron chi connectivity index (χ3n) is 3.78. The number of carbonyl (C=O) groups excluding carboxylic acids is 1. The first kappa shape index (κ1) is 16.1. The van der Waals surface area contributed by atoms with Gasteiger partial charge < -0.3 is 10.1 Å². The van der Waals surface area contributed by atoms with Gasteiger partial charge >= 0.3 is 0 Å². The number of benzene rings is 1. The molecule has 1 amide bonds. The third-order valence-corrected chi connectivity index (χ3v) is 4.70. The molecule has 4 nitrogen and oxygen atoms in total. The average molecular weight is 334 g/mol. The van der Waals surface area contributed by atoms with Crippen LogP contribution in [-0.4, -0.2) is 23.6 Å². The van der Waals surface area contributed by atoms with Crippen LogP contribution in [0.2, 0.25) is 0 Å². The Bertz CT molecular complexity index is 668. The highest BCUT2D eigenvalue weighted by Crippen LogP contribution is 2.22. The van der Waals surface area contributed by atoms with Crippen molar-refractivity contribution in [3.63, 3.8) is 0 Å². The van der Waals surface area contributed by atoms with Crippen molar-refractivity contribution in [2.24, 2.45) is 0 Å². The monoisotopic (exact) mass is 334 g/mol. The van der Waals surface area contributed by atoms with Gasteiger partial charge in [-0.05, 0) is 37.0 Å². The Balaban J connectivity index is 1.49. The summed E-state index contributed by atoms with van der Waals surface area (Å²) in [5.41, 5.74) is 0.893. The highest BCUT2D eigenvalue weighted by Gasteiger charge is 2.17. The normalized spacial score (nSPS) is 17.3. The number of nitrogens with one attached hydrogen (secondary N) is 1. The lowest BCUT2D eigenvalue weighted by molar-refractivity contribution is -0.116. The number of carbonyl (C=O) groups is 1. The van der Waals surface area contributed by atoms with Gasteiger partial charge in [-0.1, -0.05) is 12.1 Å². The van der Waals surface area contributed by atoms with Crippen molar-refractivity contribution in [3.8, 4) is 0 Å². The smallest absolute Gasteiger partial charge is 0.226 e. The van der Waals surface area contributed by atoms with E-state index in [1.54, 1.807) is 12.3 Å². The van der Waals surface area contributed by atoms with Crippen molar-refractivity contribution in [1.29, 1.82) is 0 Å². The van der Waals surface area contributed by atoms with Crippen LogP contribution in [0.25, 0.3) is 0 Å². The molecule has 0 radical (unpaired) electrons. The number of hydrogen-bond donors (Lipinski definition) is 1. The first-order valence-corrected chi connectivity index (χ1v) is 8.61. The molecule has 1 aromatic heterocycles.